The van der Waals surface area contributed by atoms with Gasteiger partial charge in [0.25, 0.3) is 5.91 Å². The molecule has 1 unspecified atom stereocenters. The van der Waals surface area contributed by atoms with Crippen molar-refractivity contribution in [3.8, 4) is 0 Å². The maximum absolute atomic E-state index is 12.5. The van der Waals surface area contributed by atoms with E-state index >= 15 is 0 Å². The molecule has 0 bridgehead atoms. The first-order valence-electron chi connectivity index (χ1n) is 6.51. The van der Waals surface area contributed by atoms with Crippen molar-refractivity contribution in [2.75, 3.05) is 13.1 Å². The second-order valence-electron chi connectivity index (χ2n) is 4.95. The van der Waals surface area contributed by atoms with Gasteiger partial charge in [-0.3, -0.25) is 4.79 Å². The minimum Gasteiger partial charge on any atom is -0.334 e. The van der Waals surface area contributed by atoms with Gasteiger partial charge < -0.3 is 10.6 Å². The highest BCUT2D eigenvalue weighted by Crippen LogP contribution is 2.21. The second kappa shape index (κ2) is 4.62. The minimum atomic E-state index is 0.0421. The average molecular weight is 259 g/mol. The molecule has 1 aromatic heterocycles. The van der Waals surface area contributed by atoms with Gasteiger partial charge in [0.15, 0.2) is 0 Å². The molecule has 1 fully saturated rings. The number of fused-ring (bicyclic) bond motifs is 1. The first-order chi connectivity index (χ1) is 9.20. The Bertz CT molecular complexity index is 621. The smallest absolute Gasteiger partial charge is 0.254 e. The van der Waals surface area contributed by atoms with E-state index in [1.54, 1.807) is 10.7 Å². The van der Waals surface area contributed by atoms with Gasteiger partial charge in [-0.2, -0.15) is 0 Å². The number of amides is 1. The van der Waals surface area contributed by atoms with Crippen LogP contribution in [0.2, 0.25) is 0 Å². The van der Waals surface area contributed by atoms with Crippen molar-refractivity contribution in [3.05, 3.63) is 23.8 Å². The summed E-state index contributed by atoms with van der Waals surface area (Å²) >= 11 is 0. The van der Waals surface area contributed by atoms with Gasteiger partial charge in [0.2, 0.25) is 0 Å². The number of hydrogen-bond donors (Lipinski definition) is 1. The molecule has 1 aromatic carbocycles. The first-order valence-corrected chi connectivity index (χ1v) is 6.51. The summed E-state index contributed by atoms with van der Waals surface area (Å²) in [6.45, 7) is 1.32. The van der Waals surface area contributed by atoms with Crippen LogP contribution in [-0.4, -0.2) is 44.9 Å². The molecular formula is C13H17N5O. The molecular weight excluding hydrogens is 242 g/mol. The molecule has 19 heavy (non-hydrogen) atoms. The topological polar surface area (TPSA) is 77.0 Å². The Kier molecular flexibility index (Phi) is 2.94. The largest absolute Gasteiger partial charge is 0.334 e. The zero-order chi connectivity index (χ0) is 13.4. The van der Waals surface area contributed by atoms with Crippen LogP contribution in [0.15, 0.2) is 18.2 Å². The summed E-state index contributed by atoms with van der Waals surface area (Å²) in [5.74, 6) is 0.0421. The van der Waals surface area contributed by atoms with Crippen LogP contribution in [0.25, 0.3) is 11.0 Å². The van der Waals surface area contributed by atoms with Crippen LogP contribution in [-0.2, 0) is 7.05 Å². The van der Waals surface area contributed by atoms with Gasteiger partial charge in [-0.15, -0.1) is 5.10 Å². The highest BCUT2D eigenvalue weighted by molar-refractivity contribution is 5.97. The summed E-state index contributed by atoms with van der Waals surface area (Å²) in [6, 6.07) is 5.69. The lowest BCUT2D eigenvalue weighted by atomic mass is 10.1. The van der Waals surface area contributed by atoms with Crippen LogP contribution < -0.4 is 5.73 Å². The molecule has 6 heteroatoms. The fraction of sp³-hybridized carbons (Fsp3) is 0.462. The normalized spacial score (nSPS) is 19.3. The van der Waals surface area contributed by atoms with Crippen LogP contribution in [0, 0.1) is 0 Å². The van der Waals surface area contributed by atoms with Crippen molar-refractivity contribution in [2.24, 2.45) is 12.8 Å². The lowest BCUT2D eigenvalue weighted by molar-refractivity contribution is 0.0741. The molecule has 1 aliphatic heterocycles. The van der Waals surface area contributed by atoms with Gasteiger partial charge in [-0.05, 0) is 31.0 Å². The number of rotatable bonds is 2. The Morgan fingerprint density at radius 2 is 2.37 bits per heavy atom. The Morgan fingerprint density at radius 3 is 3.16 bits per heavy atom. The van der Waals surface area contributed by atoms with Crippen LogP contribution in [0.3, 0.4) is 0 Å². The molecule has 1 aliphatic rings. The van der Waals surface area contributed by atoms with Gasteiger partial charge in [-0.25, -0.2) is 4.68 Å². The van der Waals surface area contributed by atoms with E-state index in [-0.39, 0.29) is 11.9 Å². The SMILES string of the molecule is Cn1nnc2cc(C(=O)N3CCCC3CN)ccc21. The summed E-state index contributed by atoms with van der Waals surface area (Å²) in [4.78, 5) is 14.4. The number of aryl methyl sites for hydroxylation is 1. The van der Waals surface area contributed by atoms with Gasteiger partial charge in [0.05, 0.1) is 5.52 Å². The summed E-state index contributed by atoms with van der Waals surface area (Å²) in [6.07, 6.45) is 2.02. The predicted octanol–water partition coefficient (Wildman–Crippen LogP) is 0.532. The van der Waals surface area contributed by atoms with E-state index in [4.69, 9.17) is 5.73 Å². The zero-order valence-corrected chi connectivity index (χ0v) is 10.9. The summed E-state index contributed by atoms with van der Waals surface area (Å²) in [5.41, 5.74) is 8.05. The third-order valence-corrected chi connectivity index (χ3v) is 3.77. The Morgan fingerprint density at radius 1 is 1.53 bits per heavy atom. The third kappa shape index (κ3) is 1.98. The number of carbonyl (C=O) groups excluding carboxylic acids is 1. The first kappa shape index (κ1) is 12.1. The van der Waals surface area contributed by atoms with Crippen molar-refractivity contribution in [3.63, 3.8) is 0 Å². The van der Waals surface area contributed by atoms with Crippen molar-refractivity contribution in [1.82, 2.24) is 19.9 Å². The molecule has 0 spiro atoms. The van der Waals surface area contributed by atoms with Crippen LogP contribution in [0.5, 0.6) is 0 Å². The van der Waals surface area contributed by atoms with Crippen molar-refractivity contribution < 1.29 is 4.79 Å². The van der Waals surface area contributed by atoms with Crippen molar-refractivity contribution in [2.45, 2.75) is 18.9 Å². The average Bonchev–Trinajstić information content (AvgIpc) is 3.04. The molecule has 0 aliphatic carbocycles. The molecule has 1 saturated heterocycles. The van der Waals surface area contributed by atoms with Gasteiger partial charge in [-0.1, -0.05) is 5.21 Å². The van der Waals surface area contributed by atoms with Gasteiger partial charge >= 0.3 is 0 Å². The Labute approximate surface area is 111 Å². The monoisotopic (exact) mass is 259 g/mol. The summed E-state index contributed by atoms with van der Waals surface area (Å²) in [7, 11) is 1.84. The summed E-state index contributed by atoms with van der Waals surface area (Å²) in [5, 5.41) is 7.99. The molecule has 6 nitrogen and oxygen atoms in total. The number of benzene rings is 1. The molecule has 100 valence electrons. The third-order valence-electron chi connectivity index (χ3n) is 3.77. The Hall–Kier alpha value is -1.95. The van der Waals surface area contributed by atoms with E-state index in [1.165, 1.54) is 0 Å². The number of nitrogens with two attached hydrogens (primary N) is 1. The molecule has 3 rings (SSSR count). The lowest BCUT2D eigenvalue weighted by Gasteiger charge is -2.23. The van der Waals surface area contributed by atoms with E-state index in [1.807, 2.05) is 24.1 Å². The zero-order valence-electron chi connectivity index (χ0n) is 10.9. The van der Waals surface area contributed by atoms with Crippen molar-refractivity contribution >= 4 is 16.9 Å². The van der Waals surface area contributed by atoms with Gasteiger partial charge in [0, 0.05) is 31.7 Å². The van der Waals surface area contributed by atoms with Gasteiger partial charge in [0.1, 0.15) is 5.52 Å². The van der Waals surface area contributed by atoms with Crippen LogP contribution >= 0.6 is 0 Å². The predicted molar refractivity (Wildman–Crippen MR) is 71.6 cm³/mol. The number of likely N-dealkylation sites (tertiary alicyclic amines) is 1. The molecule has 1 atom stereocenters. The molecule has 1 amide bonds. The molecule has 2 heterocycles. The quantitative estimate of drug-likeness (QED) is 0.853. The molecule has 0 saturated carbocycles. The number of carbonyl (C=O) groups is 1. The highest BCUT2D eigenvalue weighted by Gasteiger charge is 2.28. The van der Waals surface area contributed by atoms with E-state index < -0.39 is 0 Å². The second-order valence-corrected chi connectivity index (χ2v) is 4.95. The molecule has 0 radical (unpaired) electrons. The lowest BCUT2D eigenvalue weighted by Crippen LogP contribution is -2.39. The maximum Gasteiger partial charge on any atom is 0.254 e. The fourth-order valence-electron chi connectivity index (χ4n) is 2.69. The van der Waals surface area contributed by atoms with Crippen LogP contribution in [0.4, 0.5) is 0 Å². The minimum absolute atomic E-state index is 0.0421. The van der Waals surface area contributed by atoms with E-state index in [0.717, 1.165) is 30.4 Å². The van der Waals surface area contributed by atoms with Crippen LogP contribution in [0.1, 0.15) is 23.2 Å². The fourth-order valence-corrected chi connectivity index (χ4v) is 2.69. The standard InChI is InChI=1S/C13H17N5O/c1-17-12-5-4-9(7-11(12)15-16-17)13(19)18-6-2-3-10(18)8-14/h4-5,7,10H,2-3,6,8,14H2,1H3. The highest BCUT2D eigenvalue weighted by atomic mass is 16.2. The number of nitrogens with zero attached hydrogens (tertiary/aromatic N) is 4. The summed E-state index contributed by atoms with van der Waals surface area (Å²) < 4.78 is 1.70. The number of aromatic nitrogens is 3. The van der Waals surface area contributed by atoms with E-state index in [9.17, 15) is 4.79 Å². The molecule has 2 N–H and O–H groups in total. The van der Waals surface area contributed by atoms with E-state index in [2.05, 4.69) is 10.3 Å². The number of hydrogen-bond acceptors (Lipinski definition) is 4. The Balaban J connectivity index is 1.93. The van der Waals surface area contributed by atoms with Crippen molar-refractivity contribution in [1.29, 1.82) is 0 Å². The maximum atomic E-state index is 12.5. The van der Waals surface area contributed by atoms with E-state index in [0.29, 0.717) is 12.1 Å². The molecule has 2 aromatic rings.